The summed E-state index contributed by atoms with van der Waals surface area (Å²) in [6.45, 7) is 5.37. The highest BCUT2D eigenvalue weighted by molar-refractivity contribution is 8.02. The normalized spacial score (nSPS) is 11.7. The minimum absolute atomic E-state index is 0.0932. The molecule has 0 aliphatic carbocycles. The van der Waals surface area contributed by atoms with Crippen molar-refractivity contribution in [2.45, 2.75) is 30.4 Å². The number of thiazole rings is 1. The Bertz CT molecular complexity index is 966. The number of anilines is 2. The van der Waals surface area contributed by atoms with Crippen LogP contribution in [0.3, 0.4) is 0 Å². The number of aromatic nitrogens is 1. The van der Waals surface area contributed by atoms with Crippen LogP contribution in [0.2, 0.25) is 0 Å². The van der Waals surface area contributed by atoms with E-state index >= 15 is 0 Å². The fourth-order valence-electron chi connectivity index (χ4n) is 2.46. The molecule has 0 saturated heterocycles. The van der Waals surface area contributed by atoms with E-state index < -0.39 is 0 Å². The van der Waals surface area contributed by atoms with Crippen LogP contribution in [0.4, 0.5) is 11.4 Å². The van der Waals surface area contributed by atoms with E-state index in [9.17, 15) is 9.59 Å². The van der Waals surface area contributed by atoms with Gasteiger partial charge in [0.25, 0.3) is 0 Å². The van der Waals surface area contributed by atoms with Crippen molar-refractivity contribution in [2.75, 3.05) is 10.6 Å². The molecule has 0 fully saturated rings. The number of aryl methyl sites for hydroxylation is 1. The van der Waals surface area contributed by atoms with Gasteiger partial charge in [-0.3, -0.25) is 9.59 Å². The van der Waals surface area contributed by atoms with E-state index in [2.05, 4.69) is 46.8 Å². The van der Waals surface area contributed by atoms with Crippen LogP contribution >= 0.6 is 23.1 Å². The van der Waals surface area contributed by atoms with Crippen molar-refractivity contribution in [3.8, 4) is 11.3 Å². The summed E-state index contributed by atoms with van der Waals surface area (Å²) in [6, 6.07) is 15.3. The van der Waals surface area contributed by atoms with Gasteiger partial charge in [0.2, 0.25) is 11.8 Å². The molecule has 2 aromatic carbocycles. The molecule has 2 N–H and O–H groups in total. The molecule has 28 heavy (non-hydrogen) atoms. The largest absolute Gasteiger partial charge is 0.326 e. The molecule has 2 amide bonds. The van der Waals surface area contributed by atoms with Crippen molar-refractivity contribution in [1.82, 2.24) is 4.98 Å². The number of carbonyl (C=O) groups is 2. The summed E-state index contributed by atoms with van der Waals surface area (Å²) in [4.78, 5) is 28.2. The molecule has 3 aromatic rings. The molecule has 5 nitrogen and oxygen atoms in total. The maximum absolute atomic E-state index is 12.5. The number of hydrogen-bond acceptors (Lipinski definition) is 5. The number of nitrogens with zero attached hydrogens (tertiary/aromatic N) is 1. The van der Waals surface area contributed by atoms with Gasteiger partial charge in [0.15, 0.2) is 4.34 Å². The Hall–Kier alpha value is -2.64. The summed E-state index contributed by atoms with van der Waals surface area (Å²) in [5.41, 5.74) is 4.59. The zero-order valence-corrected chi connectivity index (χ0v) is 17.5. The predicted molar refractivity (Wildman–Crippen MR) is 117 cm³/mol. The lowest BCUT2D eigenvalue weighted by Gasteiger charge is -2.11. The lowest BCUT2D eigenvalue weighted by molar-refractivity contribution is -0.115. The van der Waals surface area contributed by atoms with Crippen LogP contribution < -0.4 is 10.6 Å². The molecule has 0 aliphatic heterocycles. The molecule has 1 heterocycles. The Labute approximate surface area is 172 Å². The Morgan fingerprint density at radius 3 is 2.21 bits per heavy atom. The lowest BCUT2D eigenvalue weighted by Crippen LogP contribution is -2.22. The summed E-state index contributed by atoms with van der Waals surface area (Å²) in [7, 11) is 0. The van der Waals surface area contributed by atoms with E-state index in [-0.39, 0.29) is 17.1 Å². The van der Waals surface area contributed by atoms with E-state index in [1.54, 1.807) is 24.3 Å². The second kappa shape index (κ2) is 9.03. The quantitative estimate of drug-likeness (QED) is 0.547. The highest BCUT2D eigenvalue weighted by atomic mass is 32.2. The van der Waals surface area contributed by atoms with Gasteiger partial charge in [-0.25, -0.2) is 4.98 Å². The van der Waals surface area contributed by atoms with Gasteiger partial charge in [0.1, 0.15) is 0 Å². The number of nitrogens with one attached hydrogen (secondary N) is 2. The third-order valence-electron chi connectivity index (χ3n) is 3.95. The van der Waals surface area contributed by atoms with Crippen LogP contribution in [0.5, 0.6) is 0 Å². The first-order chi connectivity index (χ1) is 13.4. The summed E-state index contributed by atoms with van der Waals surface area (Å²) < 4.78 is 0.860. The van der Waals surface area contributed by atoms with Crippen molar-refractivity contribution >= 4 is 46.3 Å². The van der Waals surface area contributed by atoms with Gasteiger partial charge in [0.05, 0.1) is 10.9 Å². The monoisotopic (exact) mass is 411 g/mol. The standard InChI is InChI=1S/C21H21N3O2S2/c1-13-4-6-16(7-5-13)19-12-27-21(24-19)28-14(2)20(26)23-18-10-8-17(9-11-18)22-15(3)25/h4-12,14H,1-3H3,(H,22,25)(H,23,26)/t14-/m1/s1. The van der Waals surface area contributed by atoms with Crippen LogP contribution in [0, 0.1) is 6.92 Å². The fourth-order valence-corrected chi connectivity index (χ4v) is 4.43. The molecule has 0 aliphatic rings. The zero-order valence-electron chi connectivity index (χ0n) is 15.9. The average Bonchev–Trinajstić information content (AvgIpc) is 3.12. The van der Waals surface area contributed by atoms with E-state index in [0.717, 1.165) is 15.6 Å². The molecule has 0 bridgehead atoms. The number of thioether (sulfide) groups is 1. The van der Waals surface area contributed by atoms with Crippen molar-refractivity contribution < 1.29 is 9.59 Å². The molecular weight excluding hydrogens is 390 g/mol. The molecule has 144 valence electrons. The lowest BCUT2D eigenvalue weighted by atomic mass is 10.1. The second-order valence-corrected chi connectivity index (χ2v) is 8.82. The first-order valence-electron chi connectivity index (χ1n) is 8.78. The van der Waals surface area contributed by atoms with Crippen molar-refractivity contribution in [1.29, 1.82) is 0 Å². The first-order valence-corrected chi connectivity index (χ1v) is 10.5. The number of benzene rings is 2. The van der Waals surface area contributed by atoms with Gasteiger partial charge in [-0.1, -0.05) is 41.6 Å². The van der Waals surface area contributed by atoms with Gasteiger partial charge in [0, 0.05) is 29.2 Å². The predicted octanol–water partition coefficient (Wildman–Crippen LogP) is 5.20. The third kappa shape index (κ3) is 5.43. The number of carbonyl (C=O) groups excluding carboxylic acids is 2. The van der Waals surface area contributed by atoms with Crippen LogP contribution in [-0.4, -0.2) is 22.0 Å². The van der Waals surface area contributed by atoms with Crippen LogP contribution in [0.25, 0.3) is 11.3 Å². The van der Waals surface area contributed by atoms with E-state index in [4.69, 9.17) is 0 Å². The molecule has 0 radical (unpaired) electrons. The summed E-state index contributed by atoms with van der Waals surface area (Å²) in [5, 5.41) is 7.32. The Morgan fingerprint density at radius 1 is 1.00 bits per heavy atom. The van der Waals surface area contributed by atoms with E-state index in [1.807, 2.05) is 12.3 Å². The summed E-state index contributed by atoms with van der Waals surface area (Å²) in [5.74, 6) is -0.223. The fraction of sp³-hybridized carbons (Fsp3) is 0.190. The number of amides is 2. The first kappa shape index (κ1) is 20.1. The molecule has 0 unspecified atom stereocenters. The Morgan fingerprint density at radius 2 is 1.61 bits per heavy atom. The maximum Gasteiger partial charge on any atom is 0.237 e. The van der Waals surface area contributed by atoms with Crippen molar-refractivity contribution in [2.24, 2.45) is 0 Å². The van der Waals surface area contributed by atoms with Gasteiger partial charge in [-0.15, -0.1) is 11.3 Å². The second-order valence-electron chi connectivity index (χ2n) is 6.37. The molecule has 1 aromatic heterocycles. The van der Waals surface area contributed by atoms with Crippen molar-refractivity contribution in [3.63, 3.8) is 0 Å². The minimum atomic E-state index is -0.285. The number of rotatable bonds is 6. The third-order valence-corrected chi connectivity index (χ3v) is 6.02. The van der Waals surface area contributed by atoms with Crippen molar-refractivity contribution in [3.05, 3.63) is 59.5 Å². The number of hydrogen-bond donors (Lipinski definition) is 2. The highest BCUT2D eigenvalue weighted by Crippen LogP contribution is 2.31. The molecule has 0 spiro atoms. The van der Waals surface area contributed by atoms with Crippen LogP contribution in [0.15, 0.2) is 58.3 Å². The highest BCUT2D eigenvalue weighted by Gasteiger charge is 2.17. The zero-order chi connectivity index (χ0) is 20.1. The van der Waals surface area contributed by atoms with Gasteiger partial charge < -0.3 is 10.6 Å². The van der Waals surface area contributed by atoms with Crippen LogP contribution in [0.1, 0.15) is 19.4 Å². The molecule has 1 atom stereocenters. The SMILES string of the molecule is CC(=O)Nc1ccc(NC(=O)[C@@H](C)Sc2nc(-c3ccc(C)cc3)cs2)cc1. The minimum Gasteiger partial charge on any atom is -0.326 e. The van der Waals surface area contributed by atoms with E-state index in [0.29, 0.717) is 11.4 Å². The summed E-state index contributed by atoms with van der Waals surface area (Å²) in [6.07, 6.45) is 0. The van der Waals surface area contributed by atoms with Crippen LogP contribution in [-0.2, 0) is 9.59 Å². The molecular formula is C21H21N3O2S2. The molecule has 0 saturated carbocycles. The molecule has 7 heteroatoms. The topological polar surface area (TPSA) is 71.1 Å². The smallest absolute Gasteiger partial charge is 0.237 e. The maximum atomic E-state index is 12.5. The Kier molecular flexibility index (Phi) is 6.49. The van der Waals surface area contributed by atoms with Gasteiger partial charge in [-0.05, 0) is 38.1 Å². The average molecular weight is 412 g/mol. The summed E-state index contributed by atoms with van der Waals surface area (Å²) >= 11 is 2.98. The van der Waals surface area contributed by atoms with E-state index in [1.165, 1.54) is 35.6 Å². The van der Waals surface area contributed by atoms with Gasteiger partial charge >= 0.3 is 0 Å². The van der Waals surface area contributed by atoms with Gasteiger partial charge in [-0.2, -0.15) is 0 Å². The Balaban J connectivity index is 1.58. The molecule has 3 rings (SSSR count).